The molecule has 1 nitrogen and oxygen atoms in total. The van der Waals surface area contributed by atoms with E-state index in [1.54, 1.807) is 0 Å². The van der Waals surface area contributed by atoms with E-state index in [-0.39, 0.29) is 0 Å². The molecule has 0 heterocycles. The minimum absolute atomic E-state index is 3.76. The Morgan fingerprint density at radius 2 is 0.203 bits per heavy atom. The Labute approximate surface area is 362 Å². The van der Waals surface area contributed by atoms with Gasteiger partial charge in [0.15, 0.2) is 0 Å². The molecule has 0 aliphatic carbocycles. The van der Waals surface area contributed by atoms with Gasteiger partial charge < -0.3 is 0 Å². The van der Waals surface area contributed by atoms with E-state index in [9.17, 15) is 26.3 Å². The van der Waals surface area contributed by atoms with Crippen molar-refractivity contribution in [2.24, 2.45) is 0 Å². The molecule has 33 heteroatoms. The molecule has 0 aromatic heterocycles. The number of rotatable bonds is 8. The van der Waals surface area contributed by atoms with Gasteiger partial charge in [0.1, 0.15) is 0 Å². The molecule has 0 saturated heterocycles. The molecular formula is C36F30Ge2O. The van der Waals surface area contributed by atoms with Crippen LogP contribution < -0.4 is 26.4 Å². The van der Waals surface area contributed by atoms with E-state index >= 15 is 105 Å². The first-order valence-electron chi connectivity index (χ1n) is 16.6. The SMILES string of the molecule is Fc1c(F)c(F)[c]([Ge]([O][Ge]([c]2c(F)c(F)c(F)c(F)c2F)([c]2c(F)c(F)c(F)c(F)c2F)[c]2c(F)c(F)c(F)c(F)c2F)([c]2c(F)c(F)c(F)c(F)c2F)[c]2c(F)c(F)c(F)c(F)c2F)c(F)c1F. The second-order valence-corrected chi connectivity index (χ2v) is 27.8. The molecule has 0 fully saturated rings. The van der Waals surface area contributed by atoms with Crippen LogP contribution in [0.2, 0.25) is 0 Å². The fourth-order valence-corrected chi connectivity index (χ4v) is 34.4. The Morgan fingerprint density at radius 1 is 0.130 bits per heavy atom. The average molecular weight is 1160 g/mol. The molecule has 6 rings (SSSR count). The third-order valence-electron chi connectivity index (χ3n) is 9.68. The van der Waals surface area contributed by atoms with Gasteiger partial charge in [-0.1, -0.05) is 0 Å². The molecule has 6 aromatic rings. The zero-order valence-electron chi connectivity index (χ0n) is 30.7. The first-order valence-corrected chi connectivity index (χ1v) is 24.6. The Bertz CT molecular complexity index is 2560. The quantitative estimate of drug-likeness (QED) is 0.0644. The van der Waals surface area contributed by atoms with Crippen molar-refractivity contribution in [2.75, 3.05) is 0 Å². The van der Waals surface area contributed by atoms with Gasteiger partial charge in [-0.2, -0.15) is 0 Å². The van der Waals surface area contributed by atoms with E-state index < -0.39 is 228 Å². The van der Waals surface area contributed by atoms with Gasteiger partial charge >= 0.3 is 363 Å². The summed E-state index contributed by atoms with van der Waals surface area (Å²) in [7, 11) is 0. The standard InChI is InChI=1S/C36F30Ge2O/c37-1-7(43)19(55)31(20(56)8(1)44)67(32-21(57)9(45)2(38)10(46)22(32)58,33-23(59)11(47)3(39)12(48)24(33)60)69-68(34-25(61)13(49)4(40)14(50)26(34)62,35-27(63)15(51)5(41)16(52)28(35)64)36-29(65)17(53)6(42)18(54)30(36)66. The van der Waals surface area contributed by atoms with Crippen molar-refractivity contribution >= 4 is 53.6 Å². The molecular weight excluding hydrogens is 1160 g/mol. The Kier molecular flexibility index (Phi) is 13.4. The van der Waals surface area contributed by atoms with Crippen LogP contribution in [-0.2, 0) is 2.79 Å². The fourth-order valence-electron chi connectivity index (χ4n) is 6.77. The second-order valence-electron chi connectivity index (χ2n) is 13.1. The molecule has 0 radical (unpaired) electrons. The van der Waals surface area contributed by atoms with Gasteiger partial charge in [-0.25, -0.2) is 0 Å². The summed E-state index contributed by atoms with van der Waals surface area (Å²) < 4.78 is 449. The van der Waals surface area contributed by atoms with Gasteiger partial charge in [0, 0.05) is 0 Å². The maximum absolute atomic E-state index is 16.5. The average Bonchev–Trinajstić information content (AvgIpc) is 3.31. The molecule has 0 atom stereocenters. The number of benzene rings is 6. The molecule has 0 unspecified atom stereocenters. The molecule has 0 N–H and O–H groups in total. The Morgan fingerprint density at radius 3 is 0.290 bits per heavy atom. The Balaban J connectivity index is 2.29. The van der Waals surface area contributed by atoms with Crippen molar-refractivity contribution in [1.82, 2.24) is 0 Å². The van der Waals surface area contributed by atoms with Crippen molar-refractivity contribution in [3.8, 4) is 0 Å². The molecule has 69 heavy (non-hydrogen) atoms. The first-order chi connectivity index (χ1) is 31.8. The van der Waals surface area contributed by atoms with Crippen LogP contribution in [0, 0.1) is 175 Å². The van der Waals surface area contributed by atoms with Crippen molar-refractivity contribution in [3.05, 3.63) is 175 Å². The summed E-state index contributed by atoms with van der Waals surface area (Å²) in [6, 6.07) is 0. The Hall–Kier alpha value is -5.73. The molecule has 0 saturated carbocycles. The monoisotopic (exact) mass is 1170 g/mol. The number of hydrogen-bond donors (Lipinski definition) is 0. The molecule has 0 aliphatic rings. The van der Waals surface area contributed by atoms with Crippen LogP contribution in [0.3, 0.4) is 0 Å². The van der Waals surface area contributed by atoms with Gasteiger partial charge in [0.2, 0.25) is 0 Å². The van der Waals surface area contributed by atoms with Gasteiger partial charge in [-0.15, -0.1) is 0 Å². The third-order valence-corrected chi connectivity index (χ3v) is 32.0. The van der Waals surface area contributed by atoms with Gasteiger partial charge in [-0.3, -0.25) is 0 Å². The van der Waals surface area contributed by atoms with E-state index in [2.05, 4.69) is 2.79 Å². The van der Waals surface area contributed by atoms with Gasteiger partial charge in [0.25, 0.3) is 0 Å². The van der Waals surface area contributed by atoms with Crippen molar-refractivity contribution in [1.29, 1.82) is 0 Å². The van der Waals surface area contributed by atoms with Gasteiger partial charge in [-0.05, 0) is 0 Å². The number of hydrogen-bond acceptors (Lipinski definition) is 1. The van der Waals surface area contributed by atoms with Crippen LogP contribution in [0.1, 0.15) is 0 Å². The molecule has 0 spiro atoms. The van der Waals surface area contributed by atoms with Gasteiger partial charge in [0.05, 0.1) is 0 Å². The number of halogens is 30. The van der Waals surface area contributed by atoms with Crippen LogP contribution >= 0.6 is 0 Å². The van der Waals surface area contributed by atoms with E-state index in [0.717, 1.165) is 0 Å². The predicted molar refractivity (Wildman–Crippen MR) is 168 cm³/mol. The topological polar surface area (TPSA) is 9.23 Å². The van der Waals surface area contributed by atoms with E-state index in [1.165, 1.54) is 0 Å². The summed E-state index contributed by atoms with van der Waals surface area (Å²) >= 11 is -22.0. The third kappa shape index (κ3) is 6.96. The molecule has 368 valence electrons. The predicted octanol–water partition coefficient (Wildman–Crippen LogP) is 8.51. The van der Waals surface area contributed by atoms with Crippen LogP contribution in [0.5, 0.6) is 0 Å². The van der Waals surface area contributed by atoms with Crippen LogP contribution in [0.25, 0.3) is 0 Å². The summed E-state index contributed by atoms with van der Waals surface area (Å²) in [6.45, 7) is 0. The second kappa shape index (κ2) is 17.6. The zero-order valence-corrected chi connectivity index (χ0v) is 34.9. The van der Waals surface area contributed by atoms with Crippen molar-refractivity contribution in [2.45, 2.75) is 0 Å². The first kappa shape index (κ1) is 52.6. The molecule has 0 bridgehead atoms. The molecule has 0 amide bonds. The minimum atomic E-state index is -11.0. The van der Waals surface area contributed by atoms with E-state index in [1.807, 2.05) is 0 Å². The maximum atomic E-state index is 16.5. The summed E-state index contributed by atoms with van der Waals surface area (Å²) in [5.74, 6) is -122. The van der Waals surface area contributed by atoms with E-state index in [4.69, 9.17) is 0 Å². The van der Waals surface area contributed by atoms with Crippen molar-refractivity contribution in [3.63, 3.8) is 0 Å². The summed E-state index contributed by atoms with van der Waals surface area (Å²) in [6.07, 6.45) is 0. The summed E-state index contributed by atoms with van der Waals surface area (Å²) in [5.41, 5.74) is 0. The molecule has 0 aliphatic heterocycles. The van der Waals surface area contributed by atoms with Crippen molar-refractivity contribution < 1.29 is 135 Å². The normalized spacial score (nSPS) is 12.3. The summed E-state index contributed by atoms with van der Waals surface area (Å²) in [4.78, 5) is 0. The van der Waals surface area contributed by atoms with E-state index in [0.29, 0.717) is 0 Å². The zero-order chi connectivity index (χ0) is 52.5. The summed E-state index contributed by atoms with van der Waals surface area (Å²) in [5, 5.41) is 0. The fraction of sp³-hybridized carbons (Fsp3) is 0. The van der Waals surface area contributed by atoms with Crippen LogP contribution in [0.15, 0.2) is 0 Å². The van der Waals surface area contributed by atoms with Crippen LogP contribution in [0.4, 0.5) is 132 Å². The van der Waals surface area contributed by atoms with Crippen LogP contribution in [-0.4, -0.2) is 27.2 Å². The molecule has 6 aromatic carbocycles.